The maximum absolute atomic E-state index is 12.2. The highest BCUT2D eigenvalue weighted by Gasteiger charge is 2.16. The molecule has 1 aromatic heterocycles. The van der Waals surface area contributed by atoms with Crippen LogP contribution in [0.1, 0.15) is 49.6 Å². The minimum atomic E-state index is -3.61. The molecule has 0 aliphatic heterocycles. The van der Waals surface area contributed by atoms with Gasteiger partial charge in [-0.15, -0.1) is 10.2 Å². The van der Waals surface area contributed by atoms with Gasteiger partial charge in [-0.3, -0.25) is 4.79 Å². The third kappa shape index (κ3) is 5.58. The van der Waals surface area contributed by atoms with E-state index in [9.17, 15) is 13.2 Å². The molecule has 0 unspecified atom stereocenters. The summed E-state index contributed by atoms with van der Waals surface area (Å²) in [7, 11) is -3.61. The number of benzene rings is 1. The molecule has 0 atom stereocenters. The molecule has 0 saturated heterocycles. The number of hydrogen-bond acceptors (Lipinski definition) is 6. The Bertz CT molecular complexity index is 828. The van der Waals surface area contributed by atoms with Crippen molar-refractivity contribution in [2.75, 3.05) is 11.9 Å². The third-order valence-corrected chi connectivity index (χ3v) is 6.48. The Morgan fingerprint density at radius 1 is 1.15 bits per heavy atom. The fourth-order valence-electron chi connectivity index (χ4n) is 2.37. The molecule has 0 spiro atoms. The molecular weight excluding hydrogens is 372 g/mol. The first-order chi connectivity index (χ1) is 12.4. The number of sulfonamides is 1. The topological polar surface area (TPSA) is 101 Å². The van der Waals surface area contributed by atoms with Gasteiger partial charge in [0, 0.05) is 18.9 Å². The Hall–Kier alpha value is -1.84. The van der Waals surface area contributed by atoms with E-state index >= 15 is 0 Å². The molecule has 2 rings (SSSR count). The average Bonchev–Trinajstić information content (AvgIpc) is 3.04. The van der Waals surface area contributed by atoms with Crippen LogP contribution in [0.4, 0.5) is 5.13 Å². The van der Waals surface area contributed by atoms with Gasteiger partial charge in [0.05, 0.1) is 4.90 Å². The van der Waals surface area contributed by atoms with E-state index in [4.69, 9.17) is 0 Å². The Morgan fingerprint density at radius 3 is 2.42 bits per heavy atom. The van der Waals surface area contributed by atoms with E-state index < -0.39 is 10.0 Å². The second kappa shape index (κ2) is 9.20. The zero-order valence-corrected chi connectivity index (χ0v) is 16.8. The lowest BCUT2D eigenvalue weighted by Gasteiger charge is -2.07. The van der Waals surface area contributed by atoms with E-state index in [-0.39, 0.29) is 23.8 Å². The minimum absolute atomic E-state index is 0.0141. The van der Waals surface area contributed by atoms with Gasteiger partial charge in [0.1, 0.15) is 5.01 Å². The molecular formula is C17H24N4O3S2. The molecule has 26 heavy (non-hydrogen) atoms. The summed E-state index contributed by atoms with van der Waals surface area (Å²) in [5.74, 6) is 0.0447. The third-order valence-electron chi connectivity index (χ3n) is 4.00. The molecule has 1 aromatic carbocycles. The van der Waals surface area contributed by atoms with Gasteiger partial charge < -0.3 is 5.32 Å². The monoisotopic (exact) mass is 396 g/mol. The summed E-state index contributed by atoms with van der Waals surface area (Å²) in [5, 5.41) is 12.1. The SMILES string of the molecule is CCC(CC)c1nnc(NC(=O)CCNS(=O)(=O)c2ccc(C)cc2)s1. The van der Waals surface area contributed by atoms with Gasteiger partial charge in [0.2, 0.25) is 21.1 Å². The van der Waals surface area contributed by atoms with Crippen LogP contribution in [-0.4, -0.2) is 31.1 Å². The lowest BCUT2D eigenvalue weighted by atomic mass is 10.1. The lowest BCUT2D eigenvalue weighted by Crippen LogP contribution is -2.27. The van der Waals surface area contributed by atoms with Crippen molar-refractivity contribution in [2.24, 2.45) is 0 Å². The summed E-state index contributed by atoms with van der Waals surface area (Å²) in [4.78, 5) is 12.2. The quantitative estimate of drug-likeness (QED) is 0.678. The van der Waals surface area contributed by atoms with Crippen molar-refractivity contribution in [2.45, 2.75) is 50.8 Å². The molecule has 0 fully saturated rings. The second-order valence-electron chi connectivity index (χ2n) is 5.97. The van der Waals surface area contributed by atoms with Crippen molar-refractivity contribution < 1.29 is 13.2 Å². The normalized spacial score (nSPS) is 11.7. The number of anilines is 1. The van der Waals surface area contributed by atoms with E-state index in [0.717, 1.165) is 23.4 Å². The van der Waals surface area contributed by atoms with Gasteiger partial charge >= 0.3 is 0 Å². The van der Waals surface area contributed by atoms with Crippen molar-refractivity contribution in [3.05, 3.63) is 34.8 Å². The smallest absolute Gasteiger partial charge is 0.240 e. The van der Waals surface area contributed by atoms with Crippen LogP contribution in [0.5, 0.6) is 0 Å². The standard InChI is InChI=1S/C17H24N4O3S2/c1-4-13(5-2)16-20-21-17(25-16)19-15(22)10-11-18-26(23,24)14-8-6-12(3)7-9-14/h6-9,13,18H,4-5,10-11H2,1-3H3,(H,19,21,22). The molecule has 0 aliphatic carbocycles. The summed E-state index contributed by atoms with van der Waals surface area (Å²) < 4.78 is 26.8. The Balaban J connectivity index is 1.84. The van der Waals surface area contributed by atoms with Gasteiger partial charge in [-0.1, -0.05) is 42.9 Å². The fourth-order valence-corrected chi connectivity index (χ4v) is 4.43. The van der Waals surface area contributed by atoms with Crippen LogP contribution in [0.2, 0.25) is 0 Å². The summed E-state index contributed by atoms with van der Waals surface area (Å²) in [6.07, 6.45) is 1.96. The first kappa shape index (κ1) is 20.5. The first-order valence-corrected chi connectivity index (χ1v) is 10.8. The van der Waals surface area contributed by atoms with Gasteiger partial charge in [-0.05, 0) is 31.9 Å². The van der Waals surface area contributed by atoms with Gasteiger partial charge in [-0.25, -0.2) is 13.1 Å². The number of nitrogens with zero attached hydrogens (tertiary/aromatic N) is 2. The molecule has 142 valence electrons. The number of aryl methyl sites for hydroxylation is 1. The van der Waals surface area contributed by atoms with E-state index in [2.05, 4.69) is 34.1 Å². The van der Waals surface area contributed by atoms with Crippen LogP contribution in [-0.2, 0) is 14.8 Å². The maximum Gasteiger partial charge on any atom is 0.240 e. The summed E-state index contributed by atoms with van der Waals surface area (Å²) >= 11 is 1.36. The molecule has 7 nitrogen and oxygen atoms in total. The molecule has 2 N–H and O–H groups in total. The average molecular weight is 397 g/mol. The zero-order chi connectivity index (χ0) is 19.2. The maximum atomic E-state index is 12.2. The van der Waals surface area contributed by atoms with Crippen LogP contribution in [0, 0.1) is 6.92 Å². The van der Waals surface area contributed by atoms with E-state index in [1.165, 1.54) is 11.3 Å². The molecule has 0 radical (unpaired) electrons. The number of nitrogens with one attached hydrogen (secondary N) is 2. The minimum Gasteiger partial charge on any atom is -0.300 e. The van der Waals surface area contributed by atoms with Crippen LogP contribution >= 0.6 is 11.3 Å². The van der Waals surface area contributed by atoms with Crippen molar-refractivity contribution in [1.82, 2.24) is 14.9 Å². The van der Waals surface area contributed by atoms with Gasteiger partial charge in [-0.2, -0.15) is 0 Å². The second-order valence-corrected chi connectivity index (χ2v) is 8.74. The van der Waals surface area contributed by atoms with Gasteiger partial charge in [0.25, 0.3) is 0 Å². The van der Waals surface area contributed by atoms with E-state index in [1.807, 2.05) is 6.92 Å². The van der Waals surface area contributed by atoms with Gasteiger partial charge in [0.15, 0.2) is 0 Å². The number of carbonyl (C=O) groups excluding carboxylic acids is 1. The molecule has 0 saturated carbocycles. The number of hydrogen-bond donors (Lipinski definition) is 2. The van der Waals surface area contributed by atoms with Crippen molar-refractivity contribution in [3.63, 3.8) is 0 Å². The summed E-state index contributed by atoms with van der Waals surface area (Å²) in [6, 6.07) is 6.54. The van der Waals surface area contributed by atoms with E-state index in [1.54, 1.807) is 24.3 Å². The number of carbonyl (C=O) groups is 1. The van der Waals surface area contributed by atoms with Crippen molar-refractivity contribution in [1.29, 1.82) is 0 Å². The molecule has 0 aliphatic rings. The van der Waals surface area contributed by atoms with Crippen LogP contribution in [0.25, 0.3) is 0 Å². The summed E-state index contributed by atoms with van der Waals surface area (Å²) in [6.45, 7) is 6.08. The zero-order valence-electron chi connectivity index (χ0n) is 15.2. The summed E-state index contributed by atoms with van der Waals surface area (Å²) in [5.41, 5.74) is 0.980. The van der Waals surface area contributed by atoms with Crippen LogP contribution in [0.15, 0.2) is 29.2 Å². The van der Waals surface area contributed by atoms with Crippen molar-refractivity contribution in [3.8, 4) is 0 Å². The first-order valence-electron chi connectivity index (χ1n) is 8.55. The largest absolute Gasteiger partial charge is 0.300 e. The molecule has 9 heteroatoms. The fraction of sp³-hybridized carbons (Fsp3) is 0.471. The predicted molar refractivity (Wildman–Crippen MR) is 103 cm³/mol. The predicted octanol–water partition coefficient (Wildman–Crippen LogP) is 3.06. The Kier molecular flexibility index (Phi) is 7.24. The van der Waals surface area contributed by atoms with E-state index in [0.29, 0.717) is 11.0 Å². The Morgan fingerprint density at radius 2 is 1.81 bits per heavy atom. The molecule has 1 heterocycles. The molecule has 2 aromatic rings. The number of aromatic nitrogens is 2. The lowest BCUT2D eigenvalue weighted by molar-refractivity contribution is -0.116. The molecule has 0 bridgehead atoms. The number of amides is 1. The van der Waals surface area contributed by atoms with Crippen LogP contribution < -0.4 is 10.0 Å². The number of rotatable bonds is 9. The Labute approximate surface area is 158 Å². The molecule has 1 amide bonds. The highest BCUT2D eigenvalue weighted by atomic mass is 32.2. The highest BCUT2D eigenvalue weighted by Crippen LogP contribution is 2.28. The van der Waals surface area contributed by atoms with Crippen molar-refractivity contribution >= 4 is 32.4 Å². The van der Waals surface area contributed by atoms with Crippen LogP contribution in [0.3, 0.4) is 0 Å². The highest BCUT2D eigenvalue weighted by molar-refractivity contribution is 7.89.